The Morgan fingerprint density at radius 3 is 2.44 bits per heavy atom. The highest BCUT2D eigenvalue weighted by Gasteiger charge is 2.31. The van der Waals surface area contributed by atoms with E-state index in [4.69, 9.17) is 0 Å². The van der Waals surface area contributed by atoms with Gasteiger partial charge in [-0.3, -0.25) is 10.1 Å². The smallest absolute Gasteiger partial charge is 0.416 e. The maximum absolute atomic E-state index is 12.8. The summed E-state index contributed by atoms with van der Waals surface area (Å²) in [5.74, 6) is -0.470. The zero-order valence-electron chi connectivity index (χ0n) is 13.2. The standard InChI is InChI=1S/C17H8F3N3O3S/c18-17(19,20)10-3-6-14-13(7-10)22-16(27-14)12(8-21)15(24)9-1-4-11(5-2-9)23(25)26/h1-7,24H/b15-12-. The molecular weight excluding hydrogens is 383 g/mol. The van der Waals surface area contributed by atoms with Gasteiger partial charge < -0.3 is 5.11 Å². The van der Waals surface area contributed by atoms with Gasteiger partial charge in [0.2, 0.25) is 0 Å². The van der Waals surface area contributed by atoms with E-state index in [0.717, 1.165) is 35.6 Å². The topological polar surface area (TPSA) is 100 Å². The Kier molecular flexibility index (Phi) is 4.55. The highest BCUT2D eigenvalue weighted by molar-refractivity contribution is 7.19. The number of nitro benzene ring substituents is 1. The Labute approximate surface area is 153 Å². The van der Waals surface area contributed by atoms with Crippen LogP contribution in [0, 0.1) is 21.4 Å². The minimum absolute atomic E-state index is 0.0441. The minimum atomic E-state index is -4.52. The third kappa shape index (κ3) is 3.58. The molecule has 0 saturated heterocycles. The van der Waals surface area contributed by atoms with Gasteiger partial charge in [0.25, 0.3) is 5.69 Å². The van der Waals surface area contributed by atoms with Crippen LogP contribution in [0.3, 0.4) is 0 Å². The summed E-state index contributed by atoms with van der Waals surface area (Å²) < 4.78 is 38.9. The van der Waals surface area contributed by atoms with Crippen LogP contribution in [0.5, 0.6) is 0 Å². The lowest BCUT2D eigenvalue weighted by molar-refractivity contribution is -0.384. The number of hydrogen-bond donors (Lipinski definition) is 1. The van der Waals surface area contributed by atoms with Gasteiger partial charge in [0.05, 0.1) is 20.7 Å². The van der Waals surface area contributed by atoms with E-state index < -0.39 is 22.4 Å². The molecule has 0 aliphatic carbocycles. The van der Waals surface area contributed by atoms with Crippen LogP contribution in [0.15, 0.2) is 42.5 Å². The molecule has 10 heteroatoms. The van der Waals surface area contributed by atoms with Crippen molar-refractivity contribution < 1.29 is 23.2 Å². The molecule has 0 fully saturated rings. The van der Waals surface area contributed by atoms with Gasteiger partial charge in [0.15, 0.2) is 0 Å². The van der Waals surface area contributed by atoms with Crippen LogP contribution in [0.2, 0.25) is 0 Å². The summed E-state index contributed by atoms with van der Waals surface area (Å²) in [4.78, 5) is 14.1. The van der Waals surface area contributed by atoms with Crippen LogP contribution >= 0.6 is 11.3 Å². The van der Waals surface area contributed by atoms with Gasteiger partial charge in [0.1, 0.15) is 22.4 Å². The second-order valence-corrected chi connectivity index (χ2v) is 6.37. The van der Waals surface area contributed by atoms with Gasteiger partial charge in [-0.1, -0.05) is 0 Å². The van der Waals surface area contributed by atoms with E-state index >= 15 is 0 Å². The van der Waals surface area contributed by atoms with Crippen molar-refractivity contribution in [3.05, 3.63) is 68.7 Å². The predicted molar refractivity (Wildman–Crippen MR) is 92.8 cm³/mol. The number of aromatic nitrogens is 1. The number of non-ortho nitro benzene ring substituents is 1. The van der Waals surface area contributed by atoms with Gasteiger partial charge in [-0.05, 0) is 30.3 Å². The fourth-order valence-electron chi connectivity index (χ4n) is 2.30. The maximum atomic E-state index is 12.8. The quantitative estimate of drug-likeness (QED) is 0.287. The first-order valence-electron chi connectivity index (χ1n) is 7.27. The monoisotopic (exact) mass is 391 g/mol. The van der Waals surface area contributed by atoms with Crippen molar-refractivity contribution in [1.82, 2.24) is 4.98 Å². The summed E-state index contributed by atoms with van der Waals surface area (Å²) in [7, 11) is 0. The van der Waals surface area contributed by atoms with Crippen LogP contribution in [-0.4, -0.2) is 15.0 Å². The zero-order valence-corrected chi connectivity index (χ0v) is 14.0. The second-order valence-electron chi connectivity index (χ2n) is 5.34. The van der Waals surface area contributed by atoms with Gasteiger partial charge in [-0.2, -0.15) is 18.4 Å². The average molecular weight is 391 g/mol. The van der Waals surface area contributed by atoms with Gasteiger partial charge >= 0.3 is 6.18 Å². The van der Waals surface area contributed by atoms with Crippen LogP contribution in [-0.2, 0) is 6.18 Å². The fourth-order valence-corrected chi connectivity index (χ4v) is 3.24. The summed E-state index contributed by atoms with van der Waals surface area (Å²) in [6.45, 7) is 0. The molecule has 0 aliphatic rings. The van der Waals surface area contributed by atoms with Crippen molar-refractivity contribution in [1.29, 1.82) is 5.26 Å². The van der Waals surface area contributed by atoms with Crippen molar-refractivity contribution in [2.75, 3.05) is 0 Å². The van der Waals surface area contributed by atoms with Crippen LogP contribution in [0.1, 0.15) is 16.1 Å². The van der Waals surface area contributed by atoms with E-state index in [9.17, 15) is 33.7 Å². The third-order valence-electron chi connectivity index (χ3n) is 3.63. The van der Waals surface area contributed by atoms with Crippen molar-refractivity contribution in [2.24, 2.45) is 0 Å². The highest BCUT2D eigenvalue weighted by atomic mass is 32.1. The molecule has 1 heterocycles. The highest BCUT2D eigenvalue weighted by Crippen LogP contribution is 2.35. The molecular formula is C17H8F3N3O3S. The number of aliphatic hydroxyl groups excluding tert-OH is 1. The molecule has 0 amide bonds. The van der Waals surface area contributed by atoms with Crippen LogP contribution < -0.4 is 0 Å². The lowest BCUT2D eigenvalue weighted by atomic mass is 10.1. The molecule has 6 nitrogen and oxygen atoms in total. The molecule has 0 atom stereocenters. The lowest BCUT2D eigenvalue weighted by Gasteiger charge is -2.04. The molecule has 0 radical (unpaired) electrons. The molecule has 2 aromatic carbocycles. The lowest BCUT2D eigenvalue weighted by Crippen LogP contribution is -2.03. The molecule has 0 aliphatic heterocycles. The first-order chi connectivity index (χ1) is 12.7. The number of nitrogens with zero attached hydrogens (tertiary/aromatic N) is 3. The number of halogens is 3. The normalized spacial score (nSPS) is 12.5. The van der Waals surface area contributed by atoms with Crippen molar-refractivity contribution in [3.8, 4) is 6.07 Å². The van der Waals surface area contributed by atoms with E-state index in [1.165, 1.54) is 18.2 Å². The number of nitro groups is 1. The fraction of sp³-hybridized carbons (Fsp3) is 0.0588. The number of rotatable bonds is 3. The van der Waals surface area contributed by atoms with Crippen molar-refractivity contribution in [3.63, 3.8) is 0 Å². The van der Waals surface area contributed by atoms with Crippen LogP contribution in [0.25, 0.3) is 21.5 Å². The van der Waals surface area contributed by atoms with E-state index in [0.29, 0.717) is 4.70 Å². The second kappa shape index (κ2) is 6.69. The first-order valence-corrected chi connectivity index (χ1v) is 8.08. The number of fused-ring (bicyclic) bond motifs is 1. The summed E-state index contributed by atoms with van der Waals surface area (Å²) in [6.07, 6.45) is -4.52. The Bertz CT molecular complexity index is 1110. The summed E-state index contributed by atoms with van der Waals surface area (Å²) >= 11 is 0.953. The van der Waals surface area contributed by atoms with E-state index in [2.05, 4.69) is 4.98 Å². The summed E-state index contributed by atoms with van der Waals surface area (Å²) in [5.41, 5.74) is -1.10. The molecule has 3 aromatic rings. The number of aliphatic hydroxyl groups is 1. The van der Waals surface area contributed by atoms with E-state index in [1.54, 1.807) is 6.07 Å². The van der Waals surface area contributed by atoms with Crippen molar-refractivity contribution >= 4 is 38.6 Å². The Balaban J connectivity index is 2.07. The van der Waals surface area contributed by atoms with Gasteiger partial charge in [0, 0.05) is 17.7 Å². The number of nitriles is 1. The Morgan fingerprint density at radius 1 is 1.22 bits per heavy atom. The summed E-state index contributed by atoms with van der Waals surface area (Å²) in [6, 6.07) is 9.66. The first kappa shape index (κ1) is 18.3. The molecule has 0 bridgehead atoms. The average Bonchev–Trinajstić information content (AvgIpc) is 3.04. The zero-order chi connectivity index (χ0) is 19.8. The SMILES string of the molecule is N#C/C(=C(/O)c1ccc([N+](=O)[O-])cc1)c1nc2cc(C(F)(F)F)ccc2s1. The minimum Gasteiger partial charge on any atom is -0.506 e. The van der Waals surface area contributed by atoms with Gasteiger partial charge in [-0.15, -0.1) is 11.3 Å². The van der Waals surface area contributed by atoms with E-state index in [-0.39, 0.29) is 27.3 Å². The van der Waals surface area contributed by atoms with Crippen molar-refractivity contribution in [2.45, 2.75) is 6.18 Å². The molecule has 0 saturated carbocycles. The number of hydrogen-bond acceptors (Lipinski definition) is 6. The predicted octanol–water partition coefficient (Wildman–Crippen LogP) is 5.17. The van der Waals surface area contributed by atoms with E-state index in [1.807, 2.05) is 0 Å². The number of alkyl halides is 3. The number of benzene rings is 2. The number of thiazole rings is 1. The molecule has 27 heavy (non-hydrogen) atoms. The number of allylic oxidation sites excluding steroid dienone is 1. The Morgan fingerprint density at radius 2 is 1.89 bits per heavy atom. The molecule has 3 rings (SSSR count). The summed E-state index contributed by atoms with van der Waals surface area (Å²) in [5, 5.41) is 30.4. The van der Waals surface area contributed by atoms with Crippen LogP contribution in [0.4, 0.5) is 18.9 Å². The maximum Gasteiger partial charge on any atom is 0.416 e. The molecule has 0 unspecified atom stereocenters. The largest absolute Gasteiger partial charge is 0.506 e. The molecule has 1 N–H and O–H groups in total. The molecule has 136 valence electrons. The molecule has 1 aromatic heterocycles. The van der Waals surface area contributed by atoms with Gasteiger partial charge in [-0.25, -0.2) is 4.98 Å². The third-order valence-corrected chi connectivity index (χ3v) is 4.68. The molecule has 0 spiro atoms. The Hall–Kier alpha value is -3.45.